The summed E-state index contributed by atoms with van der Waals surface area (Å²) in [5.41, 5.74) is 0.942. The highest BCUT2D eigenvalue weighted by molar-refractivity contribution is 5.83. The average molecular weight is 328 g/mol. The fourth-order valence-electron chi connectivity index (χ4n) is 3.17. The molecule has 0 bridgehead atoms. The van der Waals surface area contributed by atoms with Crippen molar-refractivity contribution in [1.29, 1.82) is 0 Å². The average Bonchev–Trinajstić information content (AvgIpc) is 3.10. The van der Waals surface area contributed by atoms with Gasteiger partial charge in [-0.25, -0.2) is 0 Å². The molecule has 1 aliphatic rings. The van der Waals surface area contributed by atoms with E-state index in [1.807, 2.05) is 47.5 Å². The Bertz CT molecular complexity index is 634. The molecule has 1 aromatic heterocycles. The third-order valence-corrected chi connectivity index (χ3v) is 4.35. The van der Waals surface area contributed by atoms with Crippen LogP contribution in [0.25, 0.3) is 0 Å². The van der Waals surface area contributed by atoms with Crippen LogP contribution in [0.3, 0.4) is 0 Å². The summed E-state index contributed by atoms with van der Waals surface area (Å²) >= 11 is 0. The van der Waals surface area contributed by atoms with Crippen molar-refractivity contribution in [1.82, 2.24) is 19.6 Å². The van der Waals surface area contributed by atoms with Crippen LogP contribution in [-0.4, -0.2) is 69.4 Å². The van der Waals surface area contributed by atoms with Gasteiger partial charge in [0, 0.05) is 45.1 Å². The third kappa shape index (κ3) is 3.83. The molecule has 1 amide bonds. The smallest absolute Gasteiger partial charge is 0.252 e. The molecule has 1 aliphatic heterocycles. The largest absolute Gasteiger partial charge is 0.392 e. The predicted molar refractivity (Wildman–Crippen MR) is 91.5 cm³/mol. The number of aliphatic hydroxyl groups excluding tert-OH is 1. The van der Waals surface area contributed by atoms with E-state index in [2.05, 4.69) is 10.00 Å². The number of aliphatic hydroxyl groups is 1. The molecule has 0 radical (unpaired) electrons. The number of β-amino-alcohol motifs (C(OH)–C–C–N with tert-alkyl or cyclic N) is 1. The predicted octanol–water partition coefficient (Wildman–Crippen LogP) is 0.997. The highest BCUT2D eigenvalue weighted by Crippen LogP contribution is 2.21. The lowest BCUT2D eigenvalue weighted by Gasteiger charge is -2.37. The van der Waals surface area contributed by atoms with E-state index in [1.54, 1.807) is 17.8 Å². The SMILES string of the molecule is CC(O)CN1CCN(C(=O)C(c2ccccc2)n2cccn2)CC1. The van der Waals surface area contributed by atoms with Gasteiger partial charge in [0.1, 0.15) is 0 Å². The Morgan fingerprint density at radius 1 is 1.17 bits per heavy atom. The Balaban J connectivity index is 1.74. The van der Waals surface area contributed by atoms with Crippen LogP contribution in [0, 0.1) is 0 Å². The molecule has 1 aromatic carbocycles. The Kier molecular flexibility index (Phi) is 5.27. The second-order valence-electron chi connectivity index (χ2n) is 6.27. The normalized spacial score (nSPS) is 18.3. The van der Waals surface area contributed by atoms with Crippen LogP contribution in [0.1, 0.15) is 18.5 Å². The van der Waals surface area contributed by atoms with Gasteiger partial charge in [0.2, 0.25) is 0 Å². The van der Waals surface area contributed by atoms with E-state index in [0.29, 0.717) is 19.6 Å². The Morgan fingerprint density at radius 2 is 1.88 bits per heavy atom. The maximum Gasteiger partial charge on any atom is 0.252 e. The van der Waals surface area contributed by atoms with Gasteiger partial charge in [0.25, 0.3) is 5.91 Å². The summed E-state index contributed by atoms with van der Waals surface area (Å²) in [5, 5.41) is 13.8. The van der Waals surface area contributed by atoms with Crippen LogP contribution < -0.4 is 0 Å². The van der Waals surface area contributed by atoms with Crippen LogP contribution in [0.15, 0.2) is 48.8 Å². The summed E-state index contributed by atoms with van der Waals surface area (Å²) in [6, 6.07) is 11.2. The minimum atomic E-state index is -0.426. The number of aromatic nitrogens is 2. The molecule has 1 saturated heterocycles. The van der Waals surface area contributed by atoms with Crippen molar-refractivity contribution < 1.29 is 9.90 Å². The topological polar surface area (TPSA) is 61.6 Å². The first kappa shape index (κ1) is 16.7. The molecule has 128 valence electrons. The van der Waals surface area contributed by atoms with E-state index in [1.165, 1.54) is 0 Å². The van der Waals surface area contributed by atoms with Gasteiger partial charge >= 0.3 is 0 Å². The standard InChI is InChI=1S/C18H24N4O2/c1-15(23)14-20-10-12-21(13-11-20)18(24)17(22-9-5-8-19-22)16-6-3-2-4-7-16/h2-9,15,17,23H,10-14H2,1H3. The fraction of sp³-hybridized carbons (Fsp3) is 0.444. The van der Waals surface area contributed by atoms with Crippen molar-refractivity contribution in [3.63, 3.8) is 0 Å². The summed E-state index contributed by atoms with van der Waals surface area (Å²) in [6.07, 6.45) is 3.19. The summed E-state index contributed by atoms with van der Waals surface area (Å²) in [6.45, 7) is 5.38. The molecule has 0 saturated carbocycles. The zero-order chi connectivity index (χ0) is 16.9. The fourth-order valence-corrected chi connectivity index (χ4v) is 3.17. The lowest BCUT2D eigenvalue weighted by Crippen LogP contribution is -2.51. The van der Waals surface area contributed by atoms with Crippen LogP contribution in [0.4, 0.5) is 0 Å². The molecule has 1 fully saturated rings. The first-order valence-corrected chi connectivity index (χ1v) is 8.38. The first-order valence-electron chi connectivity index (χ1n) is 8.38. The molecule has 2 atom stereocenters. The van der Waals surface area contributed by atoms with Gasteiger partial charge in [-0.15, -0.1) is 0 Å². The molecule has 3 rings (SSSR count). The van der Waals surface area contributed by atoms with Crippen molar-refractivity contribution in [3.05, 3.63) is 54.4 Å². The van der Waals surface area contributed by atoms with E-state index in [9.17, 15) is 9.90 Å². The second kappa shape index (κ2) is 7.59. The maximum absolute atomic E-state index is 13.1. The summed E-state index contributed by atoms with van der Waals surface area (Å²) in [5.74, 6) is 0.0709. The monoisotopic (exact) mass is 328 g/mol. The van der Waals surface area contributed by atoms with Crippen molar-refractivity contribution >= 4 is 5.91 Å². The van der Waals surface area contributed by atoms with Crippen molar-refractivity contribution in [3.8, 4) is 0 Å². The van der Waals surface area contributed by atoms with Gasteiger partial charge in [-0.2, -0.15) is 5.10 Å². The minimum Gasteiger partial charge on any atom is -0.392 e. The zero-order valence-corrected chi connectivity index (χ0v) is 14.0. The Hall–Kier alpha value is -2.18. The maximum atomic E-state index is 13.1. The number of rotatable bonds is 5. The van der Waals surface area contributed by atoms with Crippen LogP contribution >= 0.6 is 0 Å². The number of carbonyl (C=O) groups excluding carboxylic acids is 1. The van der Waals surface area contributed by atoms with Gasteiger partial charge in [0.05, 0.1) is 6.10 Å². The van der Waals surface area contributed by atoms with Gasteiger partial charge in [-0.05, 0) is 18.6 Å². The molecular formula is C18H24N4O2. The summed E-state index contributed by atoms with van der Waals surface area (Å²) in [4.78, 5) is 17.2. The molecule has 0 aliphatic carbocycles. The number of nitrogens with zero attached hydrogens (tertiary/aromatic N) is 4. The molecule has 2 unspecified atom stereocenters. The Labute approximate surface area is 142 Å². The molecular weight excluding hydrogens is 304 g/mol. The van der Waals surface area contributed by atoms with E-state index >= 15 is 0 Å². The van der Waals surface area contributed by atoms with Gasteiger partial charge in [-0.1, -0.05) is 30.3 Å². The van der Waals surface area contributed by atoms with E-state index < -0.39 is 6.04 Å². The Morgan fingerprint density at radius 3 is 2.46 bits per heavy atom. The molecule has 2 heterocycles. The highest BCUT2D eigenvalue weighted by atomic mass is 16.3. The van der Waals surface area contributed by atoms with Gasteiger partial charge in [0.15, 0.2) is 6.04 Å². The van der Waals surface area contributed by atoms with Crippen molar-refractivity contribution in [2.75, 3.05) is 32.7 Å². The summed E-state index contributed by atoms with van der Waals surface area (Å²) in [7, 11) is 0. The van der Waals surface area contributed by atoms with E-state index in [-0.39, 0.29) is 12.0 Å². The van der Waals surface area contributed by atoms with Crippen LogP contribution in [-0.2, 0) is 4.79 Å². The van der Waals surface area contributed by atoms with Crippen molar-refractivity contribution in [2.24, 2.45) is 0 Å². The number of piperazine rings is 1. The minimum absolute atomic E-state index is 0.0709. The molecule has 0 spiro atoms. The number of benzene rings is 1. The van der Waals surface area contributed by atoms with Crippen LogP contribution in [0.2, 0.25) is 0 Å². The van der Waals surface area contributed by atoms with Crippen LogP contribution in [0.5, 0.6) is 0 Å². The molecule has 24 heavy (non-hydrogen) atoms. The quantitative estimate of drug-likeness (QED) is 0.889. The number of hydrogen-bond acceptors (Lipinski definition) is 4. The zero-order valence-electron chi connectivity index (χ0n) is 14.0. The van der Waals surface area contributed by atoms with Gasteiger partial charge < -0.3 is 10.0 Å². The lowest BCUT2D eigenvalue weighted by molar-refractivity contribution is -0.135. The van der Waals surface area contributed by atoms with E-state index in [0.717, 1.165) is 18.7 Å². The highest BCUT2D eigenvalue weighted by Gasteiger charge is 2.30. The molecule has 1 N–H and O–H groups in total. The number of hydrogen-bond donors (Lipinski definition) is 1. The van der Waals surface area contributed by atoms with Crippen molar-refractivity contribution in [2.45, 2.75) is 19.1 Å². The number of carbonyl (C=O) groups is 1. The van der Waals surface area contributed by atoms with E-state index in [4.69, 9.17) is 0 Å². The molecule has 2 aromatic rings. The van der Waals surface area contributed by atoms with Gasteiger partial charge in [-0.3, -0.25) is 14.4 Å². The third-order valence-electron chi connectivity index (χ3n) is 4.35. The molecule has 6 nitrogen and oxygen atoms in total. The molecule has 6 heteroatoms. The first-order chi connectivity index (χ1) is 11.6. The second-order valence-corrected chi connectivity index (χ2v) is 6.27. The summed E-state index contributed by atoms with van der Waals surface area (Å²) < 4.78 is 1.72. The number of amides is 1. The lowest BCUT2D eigenvalue weighted by atomic mass is 10.1.